The van der Waals surface area contributed by atoms with Gasteiger partial charge in [-0.05, 0) is 110 Å². The van der Waals surface area contributed by atoms with Crippen LogP contribution in [-0.4, -0.2) is 34.7 Å². The summed E-state index contributed by atoms with van der Waals surface area (Å²) in [5, 5.41) is 22.8. The van der Waals surface area contributed by atoms with E-state index in [9.17, 15) is 14.7 Å². The van der Waals surface area contributed by atoms with Gasteiger partial charge in [0.05, 0.1) is 11.5 Å². The number of hydrogen-bond acceptors (Lipinski definition) is 3. The van der Waals surface area contributed by atoms with Crippen molar-refractivity contribution in [3.8, 4) is 0 Å². The van der Waals surface area contributed by atoms with Crippen LogP contribution in [0.4, 0.5) is 0 Å². The quantitative estimate of drug-likeness (QED) is 0.512. The normalized spacial score (nSPS) is 51.4. The van der Waals surface area contributed by atoms with Crippen molar-refractivity contribution < 1.29 is 19.8 Å². The Hall–Kier alpha value is -1.10. The van der Waals surface area contributed by atoms with Crippen molar-refractivity contribution in [3.63, 3.8) is 0 Å². The van der Waals surface area contributed by atoms with E-state index in [-0.39, 0.29) is 45.6 Å². The molecule has 0 heterocycles. The summed E-state index contributed by atoms with van der Waals surface area (Å²) in [4.78, 5) is 24.5. The molecular weight excluding hydrogens is 426 g/mol. The standard InChI is InChI=1S/C29H47NO4/c1-25(2)20-10-14-28(5)21(26(20,3)13-11-22(25)31)9-8-18-19-7-6-12-29(19,16-15-27(18,28)4)24(34)30-17-23(32)33/h18-22,31H,6-17H2,1-5H3,(H,30,34)(H,32,33). The Balaban J connectivity index is 1.47. The molecule has 0 bridgehead atoms. The average molecular weight is 474 g/mol. The van der Waals surface area contributed by atoms with Crippen LogP contribution in [0.1, 0.15) is 105 Å². The molecule has 0 aromatic heterocycles. The van der Waals surface area contributed by atoms with Crippen molar-refractivity contribution in [2.24, 2.45) is 50.7 Å². The van der Waals surface area contributed by atoms with Crippen molar-refractivity contribution in [2.45, 2.75) is 111 Å². The molecule has 5 heteroatoms. The van der Waals surface area contributed by atoms with E-state index in [1.807, 2.05) is 0 Å². The van der Waals surface area contributed by atoms with Gasteiger partial charge < -0.3 is 15.5 Å². The largest absolute Gasteiger partial charge is 0.480 e. The minimum absolute atomic E-state index is 0.00501. The Morgan fingerprint density at radius 2 is 1.53 bits per heavy atom. The monoisotopic (exact) mass is 473 g/mol. The molecule has 0 aromatic rings. The highest BCUT2D eigenvalue weighted by atomic mass is 16.4. The predicted molar refractivity (Wildman–Crippen MR) is 132 cm³/mol. The molecule has 5 fully saturated rings. The number of aliphatic hydroxyl groups is 1. The van der Waals surface area contributed by atoms with Gasteiger partial charge in [-0.1, -0.05) is 41.0 Å². The highest BCUT2D eigenvalue weighted by Gasteiger charge is 2.70. The van der Waals surface area contributed by atoms with E-state index in [1.54, 1.807) is 0 Å². The van der Waals surface area contributed by atoms with Gasteiger partial charge in [-0.3, -0.25) is 9.59 Å². The van der Waals surface area contributed by atoms with Crippen molar-refractivity contribution in [1.29, 1.82) is 0 Å². The van der Waals surface area contributed by atoms with Crippen LogP contribution in [0.5, 0.6) is 0 Å². The molecule has 0 aliphatic heterocycles. The first-order chi connectivity index (χ1) is 15.8. The zero-order valence-electron chi connectivity index (χ0n) is 22.1. The zero-order chi connectivity index (χ0) is 24.7. The Morgan fingerprint density at radius 1 is 0.794 bits per heavy atom. The molecule has 34 heavy (non-hydrogen) atoms. The van der Waals surface area contributed by atoms with Crippen LogP contribution in [0.25, 0.3) is 0 Å². The summed E-state index contributed by atoms with van der Waals surface area (Å²) >= 11 is 0. The maximum absolute atomic E-state index is 13.4. The number of carbonyl (C=O) groups is 2. The lowest BCUT2D eigenvalue weighted by Crippen LogP contribution is -2.67. The molecule has 9 unspecified atom stereocenters. The van der Waals surface area contributed by atoms with Crippen LogP contribution in [-0.2, 0) is 9.59 Å². The number of amides is 1. The van der Waals surface area contributed by atoms with E-state index in [4.69, 9.17) is 5.11 Å². The van der Waals surface area contributed by atoms with Crippen LogP contribution in [0, 0.1) is 50.7 Å². The first kappa shape index (κ1) is 24.6. The number of carbonyl (C=O) groups excluding carboxylic acids is 1. The van der Waals surface area contributed by atoms with E-state index >= 15 is 0 Å². The molecule has 3 N–H and O–H groups in total. The second-order valence-corrected chi connectivity index (χ2v) is 14.3. The fourth-order valence-electron chi connectivity index (χ4n) is 11.3. The second kappa shape index (κ2) is 7.70. The fourth-order valence-corrected chi connectivity index (χ4v) is 11.3. The Bertz CT molecular complexity index is 870. The number of rotatable bonds is 3. The summed E-state index contributed by atoms with van der Waals surface area (Å²) in [6.45, 7) is 12.1. The van der Waals surface area contributed by atoms with Crippen molar-refractivity contribution in [2.75, 3.05) is 6.54 Å². The van der Waals surface area contributed by atoms with Gasteiger partial charge in [-0.25, -0.2) is 0 Å². The van der Waals surface area contributed by atoms with Crippen molar-refractivity contribution >= 4 is 11.9 Å². The highest BCUT2D eigenvalue weighted by Crippen LogP contribution is 2.76. The molecule has 9 atom stereocenters. The van der Waals surface area contributed by atoms with Crippen molar-refractivity contribution in [3.05, 3.63) is 0 Å². The summed E-state index contributed by atoms with van der Waals surface area (Å²) in [6.07, 6.45) is 11.8. The van der Waals surface area contributed by atoms with E-state index in [0.717, 1.165) is 44.9 Å². The first-order valence-electron chi connectivity index (χ1n) is 14.0. The first-order valence-corrected chi connectivity index (χ1v) is 14.0. The molecule has 5 saturated carbocycles. The minimum Gasteiger partial charge on any atom is -0.480 e. The number of fused-ring (bicyclic) bond motifs is 7. The highest BCUT2D eigenvalue weighted by molar-refractivity contribution is 5.86. The third kappa shape index (κ3) is 3.00. The molecular formula is C29H47NO4. The Morgan fingerprint density at radius 3 is 2.24 bits per heavy atom. The molecule has 5 rings (SSSR count). The molecule has 0 spiro atoms. The van der Waals surface area contributed by atoms with Gasteiger partial charge in [-0.2, -0.15) is 0 Å². The maximum atomic E-state index is 13.4. The summed E-state index contributed by atoms with van der Waals surface area (Å²) in [7, 11) is 0. The van der Waals surface area contributed by atoms with Gasteiger partial charge >= 0.3 is 5.97 Å². The van der Waals surface area contributed by atoms with Crippen LogP contribution in [0.2, 0.25) is 0 Å². The molecule has 1 amide bonds. The number of carboxylic acid groups (broad SMARTS) is 1. The predicted octanol–water partition coefficient (Wildman–Crippen LogP) is 5.40. The molecule has 0 aromatic carbocycles. The average Bonchev–Trinajstić information content (AvgIpc) is 3.21. The van der Waals surface area contributed by atoms with Crippen LogP contribution in [0.15, 0.2) is 0 Å². The van der Waals surface area contributed by atoms with Crippen molar-refractivity contribution in [1.82, 2.24) is 5.32 Å². The second-order valence-electron chi connectivity index (χ2n) is 14.3. The van der Waals surface area contributed by atoms with Crippen LogP contribution < -0.4 is 5.32 Å². The molecule has 0 saturated heterocycles. The lowest BCUT2D eigenvalue weighted by molar-refractivity contribution is -0.244. The molecule has 192 valence electrons. The molecule has 5 aliphatic carbocycles. The maximum Gasteiger partial charge on any atom is 0.322 e. The smallest absolute Gasteiger partial charge is 0.322 e. The number of hydrogen-bond donors (Lipinski definition) is 3. The molecule has 5 aliphatic rings. The van der Waals surface area contributed by atoms with E-state index in [2.05, 4.69) is 39.9 Å². The van der Waals surface area contributed by atoms with Gasteiger partial charge in [0.15, 0.2) is 0 Å². The van der Waals surface area contributed by atoms with E-state index in [0.29, 0.717) is 23.7 Å². The third-order valence-corrected chi connectivity index (χ3v) is 13.2. The van der Waals surface area contributed by atoms with Gasteiger partial charge in [-0.15, -0.1) is 0 Å². The Kier molecular flexibility index (Phi) is 5.57. The summed E-state index contributed by atoms with van der Waals surface area (Å²) in [6, 6.07) is 0. The fraction of sp³-hybridized carbons (Fsp3) is 0.931. The number of aliphatic carboxylic acids is 1. The number of nitrogens with one attached hydrogen (secondary N) is 1. The van der Waals surface area contributed by atoms with Gasteiger partial charge in [0.1, 0.15) is 6.54 Å². The summed E-state index contributed by atoms with van der Waals surface area (Å²) in [5.41, 5.74) is 0.358. The topological polar surface area (TPSA) is 86.6 Å². The lowest BCUT2D eigenvalue weighted by Gasteiger charge is -2.72. The van der Waals surface area contributed by atoms with Gasteiger partial charge in [0.2, 0.25) is 5.91 Å². The minimum atomic E-state index is -0.960. The van der Waals surface area contributed by atoms with Crippen LogP contribution in [0.3, 0.4) is 0 Å². The summed E-state index contributed by atoms with van der Waals surface area (Å²) in [5.74, 6) is 1.21. The van der Waals surface area contributed by atoms with E-state index < -0.39 is 5.97 Å². The lowest BCUT2D eigenvalue weighted by atomic mass is 9.32. The van der Waals surface area contributed by atoms with Gasteiger partial charge in [0, 0.05) is 0 Å². The third-order valence-electron chi connectivity index (χ3n) is 13.2. The molecule has 5 nitrogen and oxygen atoms in total. The SMILES string of the molecule is CC1(C)C(O)CCC2(C)C1CCC1(C)C2CCC2C3CCCC3(C(=O)NCC(=O)O)CCC21C. The Labute approximate surface area is 205 Å². The summed E-state index contributed by atoms with van der Waals surface area (Å²) < 4.78 is 0. The van der Waals surface area contributed by atoms with Gasteiger partial charge in [0.25, 0.3) is 0 Å². The molecule has 0 radical (unpaired) electrons. The number of carboxylic acids is 1. The number of aliphatic hydroxyl groups excluding tert-OH is 1. The van der Waals surface area contributed by atoms with Crippen LogP contribution >= 0.6 is 0 Å². The van der Waals surface area contributed by atoms with E-state index in [1.165, 1.54) is 25.7 Å². The zero-order valence-corrected chi connectivity index (χ0v) is 22.1.